The molecule has 3 aromatic rings. The molecule has 2 aliphatic heterocycles. The predicted molar refractivity (Wildman–Crippen MR) is 103 cm³/mol. The van der Waals surface area contributed by atoms with Crippen LogP contribution in [-0.4, -0.2) is 17.8 Å². The van der Waals surface area contributed by atoms with Gasteiger partial charge in [0.25, 0.3) is 0 Å². The average Bonchev–Trinajstić information content (AvgIpc) is 3.37. The van der Waals surface area contributed by atoms with E-state index < -0.39 is 0 Å². The van der Waals surface area contributed by atoms with Crippen molar-refractivity contribution < 1.29 is 9.47 Å². The number of methoxy groups -OCH3 is 1. The summed E-state index contributed by atoms with van der Waals surface area (Å²) in [6.07, 6.45) is 0.574. The van der Waals surface area contributed by atoms with Gasteiger partial charge >= 0.3 is 0 Å². The van der Waals surface area contributed by atoms with E-state index in [9.17, 15) is 0 Å². The third-order valence-corrected chi connectivity index (χ3v) is 5.64. The van der Waals surface area contributed by atoms with Gasteiger partial charge in [-0.3, -0.25) is 0 Å². The van der Waals surface area contributed by atoms with Crippen LogP contribution in [0.4, 0.5) is 0 Å². The van der Waals surface area contributed by atoms with Crippen molar-refractivity contribution in [3.8, 4) is 11.5 Å². The molecule has 1 aromatic heterocycles. The van der Waals surface area contributed by atoms with E-state index >= 15 is 0 Å². The standard InChI is InChI=1S/C21H18N2O2S/c1-24-19-8-4-3-7-16(19)21-23-18(15-6-2-5-9-20(15)25-21)12-17(22-23)14-10-11-26-13-14/h2-11,13,18,21H,12H2,1H3/t18-,21-/m0/s1. The van der Waals surface area contributed by atoms with Gasteiger partial charge in [0, 0.05) is 17.5 Å². The largest absolute Gasteiger partial charge is 0.496 e. The summed E-state index contributed by atoms with van der Waals surface area (Å²) in [5, 5.41) is 11.3. The highest BCUT2D eigenvalue weighted by atomic mass is 32.1. The van der Waals surface area contributed by atoms with Crippen molar-refractivity contribution in [2.45, 2.75) is 18.7 Å². The molecule has 26 heavy (non-hydrogen) atoms. The molecule has 2 aromatic carbocycles. The topological polar surface area (TPSA) is 34.1 Å². The van der Waals surface area contributed by atoms with Crippen molar-refractivity contribution in [3.05, 3.63) is 82.0 Å². The number of hydrogen-bond donors (Lipinski definition) is 0. The van der Waals surface area contributed by atoms with E-state index in [0.29, 0.717) is 0 Å². The number of hydrogen-bond acceptors (Lipinski definition) is 5. The Bertz CT molecular complexity index is 968. The molecule has 0 bridgehead atoms. The van der Waals surface area contributed by atoms with Gasteiger partial charge in [0.2, 0.25) is 6.23 Å². The van der Waals surface area contributed by atoms with Crippen molar-refractivity contribution in [1.82, 2.24) is 5.01 Å². The molecule has 2 atom stereocenters. The number of para-hydroxylation sites is 2. The van der Waals surface area contributed by atoms with E-state index in [1.165, 1.54) is 11.1 Å². The molecule has 0 unspecified atom stereocenters. The lowest BCUT2D eigenvalue weighted by Crippen LogP contribution is -2.33. The second kappa shape index (κ2) is 6.18. The highest BCUT2D eigenvalue weighted by molar-refractivity contribution is 7.08. The molecular formula is C21H18N2O2S. The van der Waals surface area contributed by atoms with Crippen LogP contribution in [0.15, 0.2) is 70.5 Å². The fraction of sp³-hybridized carbons (Fsp3) is 0.190. The monoisotopic (exact) mass is 362 g/mol. The molecule has 0 saturated carbocycles. The zero-order chi connectivity index (χ0) is 17.5. The predicted octanol–water partition coefficient (Wildman–Crippen LogP) is 5.00. The fourth-order valence-corrected chi connectivity index (χ4v) is 4.38. The summed E-state index contributed by atoms with van der Waals surface area (Å²) in [6, 6.07) is 18.6. The summed E-state index contributed by atoms with van der Waals surface area (Å²) < 4.78 is 12.0. The van der Waals surface area contributed by atoms with Gasteiger partial charge in [0.05, 0.1) is 24.4 Å². The van der Waals surface area contributed by atoms with Crippen LogP contribution in [0.2, 0.25) is 0 Å². The first-order chi connectivity index (χ1) is 12.8. The lowest BCUT2D eigenvalue weighted by molar-refractivity contribution is -0.0203. The van der Waals surface area contributed by atoms with Crippen LogP contribution in [0.5, 0.6) is 11.5 Å². The summed E-state index contributed by atoms with van der Waals surface area (Å²) >= 11 is 1.70. The van der Waals surface area contributed by atoms with Crippen LogP contribution < -0.4 is 9.47 Å². The molecule has 5 heteroatoms. The van der Waals surface area contributed by atoms with Crippen molar-refractivity contribution in [1.29, 1.82) is 0 Å². The minimum Gasteiger partial charge on any atom is -0.496 e. The van der Waals surface area contributed by atoms with E-state index in [-0.39, 0.29) is 12.3 Å². The third-order valence-electron chi connectivity index (χ3n) is 4.96. The molecule has 0 spiro atoms. The Balaban J connectivity index is 1.63. The van der Waals surface area contributed by atoms with Crippen molar-refractivity contribution in [2.75, 3.05) is 7.11 Å². The second-order valence-corrected chi connectivity index (χ2v) is 7.19. The summed E-state index contributed by atoms with van der Waals surface area (Å²) in [7, 11) is 1.69. The van der Waals surface area contributed by atoms with Crippen molar-refractivity contribution in [2.24, 2.45) is 5.10 Å². The molecule has 0 N–H and O–H groups in total. The Morgan fingerprint density at radius 2 is 1.88 bits per heavy atom. The zero-order valence-electron chi connectivity index (χ0n) is 14.3. The minimum absolute atomic E-state index is 0.171. The number of ether oxygens (including phenoxy) is 2. The lowest BCUT2D eigenvalue weighted by atomic mass is 9.96. The molecule has 0 saturated heterocycles. The third kappa shape index (κ3) is 2.39. The van der Waals surface area contributed by atoms with Crippen LogP contribution >= 0.6 is 11.3 Å². The molecule has 4 nitrogen and oxygen atoms in total. The second-order valence-electron chi connectivity index (χ2n) is 6.41. The minimum atomic E-state index is -0.304. The van der Waals surface area contributed by atoms with Crippen LogP contribution in [0, 0.1) is 0 Å². The van der Waals surface area contributed by atoms with Crippen molar-refractivity contribution >= 4 is 17.0 Å². The van der Waals surface area contributed by atoms with Crippen LogP contribution in [-0.2, 0) is 0 Å². The molecule has 0 amide bonds. The zero-order valence-corrected chi connectivity index (χ0v) is 15.1. The van der Waals surface area contributed by atoms with Gasteiger partial charge in [-0.2, -0.15) is 16.4 Å². The van der Waals surface area contributed by atoms with Crippen LogP contribution in [0.25, 0.3) is 0 Å². The molecule has 130 valence electrons. The summed E-state index contributed by atoms with van der Waals surface area (Å²) in [6.45, 7) is 0. The number of rotatable bonds is 3. The maximum absolute atomic E-state index is 6.38. The summed E-state index contributed by atoms with van der Waals surface area (Å²) in [5.41, 5.74) is 4.48. The fourth-order valence-electron chi connectivity index (χ4n) is 3.71. The van der Waals surface area contributed by atoms with Gasteiger partial charge in [-0.15, -0.1) is 0 Å². The Hall–Kier alpha value is -2.79. The number of nitrogens with zero attached hydrogens (tertiary/aromatic N) is 2. The normalized spacial score (nSPS) is 20.8. The van der Waals surface area contributed by atoms with Crippen LogP contribution in [0.1, 0.15) is 35.4 Å². The first-order valence-corrected chi connectivity index (χ1v) is 9.56. The molecule has 0 fully saturated rings. The van der Waals surface area contributed by atoms with E-state index in [1.807, 2.05) is 36.4 Å². The van der Waals surface area contributed by atoms with Gasteiger partial charge in [-0.05, 0) is 35.0 Å². The summed E-state index contributed by atoms with van der Waals surface area (Å²) in [4.78, 5) is 0. The average molecular weight is 362 g/mol. The van der Waals surface area contributed by atoms with Gasteiger partial charge in [-0.25, -0.2) is 5.01 Å². The SMILES string of the molecule is COc1ccccc1[C@@H]1Oc2ccccc2[C@@H]2CC(c3ccsc3)=NN21. The Morgan fingerprint density at radius 1 is 1.08 bits per heavy atom. The van der Waals surface area contributed by atoms with E-state index in [0.717, 1.165) is 29.2 Å². The maximum atomic E-state index is 6.38. The molecule has 3 heterocycles. The van der Waals surface area contributed by atoms with Gasteiger partial charge in [0.1, 0.15) is 11.5 Å². The van der Waals surface area contributed by atoms with Gasteiger partial charge in [0.15, 0.2) is 0 Å². The highest BCUT2D eigenvalue weighted by Crippen LogP contribution is 2.48. The quantitative estimate of drug-likeness (QED) is 0.658. The number of benzene rings is 2. The van der Waals surface area contributed by atoms with E-state index in [4.69, 9.17) is 14.6 Å². The van der Waals surface area contributed by atoms with Crippen molar-refractivity contribution in [3.63, 3.8) is 0 Å². The van der Waals surface area contributed by atoms with Gasteiger partial charge < -0.3 is 9.47 Å². The van der Waals surface area contributed by atoms with E-state index in [1.54, 1.807) is 18.4 Å². The molecule has 5 rings (SSSR count). The number of fused-ring (bicyclic) bond motifs is 3. The lowest BCUT2D eigenvalue weighted by Gasteiger charge is -2.38. The Morgan fingerprint density at radius 3 is 2.69 bits per heavy atom. The molecule has 0 aliphatic carbocycles. The first kappa shape index (κ1) is 15.5. The number of hydrazone groups is 1. The molecule has 0 radical (unpaired) electrons. The highest BCUT2D eigenvalue weighted by Gasteiger charge is 2.41. The van der Waals surface area contributed by atoms with E-state index in [2.05, 4.69) is 34.0 Å². The molecule has 2 aliphatic rings. The Labute approximate surface area is 156 Å². The summed E-state index contributed by atoms with van der Waals surface area (Å²) in [5.74, 6) is 1.74. The molecular weight excluding hydrogens is 344 g/mol. The Kier molecular flexibility index (Phi) is 3.68. The van der Waals surface area contributed by atoms with Crippen LogP contribution in [0.3, 0.4) is 0 Å². The van der Waals surface area contributed by atoms with Gasteiger partial charge in [-0.1, -0.05) is 30.3 Å². The maximum Gasteiger partial charge on any atom is 0.217 e. The first-order valence-electron chi connectivity index (χ1n) is 8.62. The number of thiophene rings is 1. The smallest absolute Gasteiger partial charge is 0.217 e.